The summed E-state index contributed by atoms with van der Waals surface area (Å²) in [5.74, 6) is 0.272. The van der Waals surface area contributed by atoms with Gasteiger partial charge < -0.3 is 10.5 Å². The van der Waals surface area contributed by atoms with E-state index in [2.05, 4.69) is 26.0 Å². The lowest BCUT2D eigenvalue weighted by Gasteiger charge is -2.21. The summed E-state index contributed by atoms with van der Waals surface area (Å²) in [6, 6.07) is 0. The molecule has 15 heavy (non-hydrogen) atoms. The van der Waals surface area contributed by atoms with E-state index >= 15 is 0 Å². The zero-order valence-corrected chi connectivity index (χ0v) is 10.1. The van der Waals surface area contributed by atoms with Crippen LogP contribution < -0.4 is 5.73 Å². The van der Waals surface area contributed by atoms with Gasteiger partial charge in [-0.05, 0) is 28.8 Å². The molecule has 0 aromatic carbocycles. The van der Waals surface area contributed by atoms with E-state index in [1.807, 2.05) is 0 Å². The van der Waals surface area contributed by atoms with E-state index in [1.54, 1.807) is 4.68 Å². The van der Waals surface area contributed by atoms with Gasteiger partial charge in [-0.1, -0.05) is 19.3 Å². The third-order valence-corrected chi connectivity index (χ3v) is 3.21. The first-order valence-electron chi connectivity index (χ1n) is 5.23. The van der Waals surface area contributed by atoms with E-state index in [0.29, 0.717) is 17.6 Å². The van der Waals surface area contributed by atoms with Crippen LogP contribution in [-0.2, 0) is 11.5 Å². The van der Waals surface area contributed by atoms with E-state index in [4.69, 9.17) is 10.5 Å². The second-order valence-electron chi connectivity index (χ2n) is 3.79. The van der Waals surface area contributed by atoms with E-state index in [1.165, 1.54) is 19.3 Å². The molecule has 84 valence electrons. The molecule has 2 rings (SSSR count). The van der Waals surface area contributed by atoms with Crippen molar-refractivity contribution in [3.05, 3.63) is 4.73 Å². The molecule has 1 saturated carbocycles. The van der Waals surface area contributed by atoms with Crippen molar-refractivity contribution in [2.24, 2.45) is 0 Å². The number of hydrogen-bond acceptors (Lipinski definition) is 4. The van der Waals surface area contributed by atoms with E-state index in [0.717, 1.165) is 12.8 Å². The van der Waals surface area contributed by atoms with Crippen LogP contribution >= 0.6 is 15.9 Å². The normalized spacial score (nSPS) is 18.2. The third-order valence-electron chi connectivity index (χ3n) is 2.63. The Morgan fingerprint density at radius 1 is 1.40 bits per heavy atom. The Kier molecular flexibility index (Phi) is 3.58. The molecule has 0 saturated heterocycles. The maximum atomic E-state index is 5.74. The number of anilines is 1. The smallest absolute Gasteiger partial charge is 0.240 e. The molecule has 0 atom stereocenters. The lowest BCUT2D eigenvalue weighted by molar-refractivity contribution is -0.0188. The zero-order chi connectivity index (χ0) is 10.7. The van der Waals surface area contributed by atoms with Crippen LogP contribution in [0.2, 0.25) is 0 Å². The predicted octanol–water partition coefficient (Wildman–Crippen LogP) is 1.93. The number of aromatic nitrogens is 3. The van der Waals surface area contributed by atoms with Gasteiger partial charge in [-0.15, -0.1) is 5.10 Å². The van der Waals surface area contributed by atoms with Crippen molar-refractivity contribution in [1.29, 1.82) is 0 Å². The number of nitrogens with zero attached hydrogens (tertiary/aromatic N) is 3. The summed E-state index contributed by atoms with van der Waals surface area (Å²) < 4.78 is 7.99. The summed E-state index contributed by atoms with van der Waals surface area (Å²) in [7, 11) is 0. The Bertz CT molecular complexity index is 322. The van der Waals surface area contributed by atoms with Gasteiger partial charge in [0.1, 0.15) is 6.73 Å². The molecular weight excluding hydrogens is 260 g/mol. The largest absolute Gasteiger partial charge is 0.366 e. The highest BCUT2D eigenvalue weighted by Gasteiger charge is 2.14. The maximum Gasteiger partial charge on any atom is 0.240 e. The first kappa shape index (κ1) is 10.9. The van der Waals surface area contributed by atoms with Crippen LogP contribution in [0.5, 0.6) is 0 Å². The van der Waals surface area contributed by atoms with Crippen molar-refractivity contribution in [2.75, 3.05) is 5.73 Å². The molecule has 0 radical (unpaired) electrons. The average Bonchev–Trinajstić information content (AvgIpc) is 2.56. The second-order valence-corrected chi connectivity index (χ2v) is 4.50. The van der Waals surface area contributed by atoms with Crippen molar-refractivity contribution < 1.29 is 4.74 Å². The fourth-order valence-electron chi connectivity index (χ4n) is 1.83. The number of nitrogen functional groups attached to an aromatic ring is 1. The molecule has 0 amide bonds. The van der Waals surface area contributed by atoms with Gasteiger partial charge in [0, 0.05) is 0 Å². The van der Waals surface area contributed by atoms with Gasteiger partial charge >= 0.3 is 0 Å². The molecule has 1 aliphatic rings. The highest BCUT2D eigenvalue weighted by Crippen LogP contribution is 2.21. The Balaban J connectivity index is 1.84. The molecule has 0 bridgehead atoms. The molecule has 0 aliphatic heterocycles. The van der Waals surface area contributed by atoms with E-state index in [-0.39, 0.29) is 5.95 Å². The van der Waals surface area contributed by atoms with Gasteiger partial charge in [-0.25, -0.2) is 4.68 Å². The number of halogens is 1. The zero-order valence-electron chi connectivity index (χ0n) is 8.53. The molecule has 5 nitrogen and oxygen atoms in total. The van der Waals surface area contributed by atoms with Crippen molar-refractivity contribution in [3.63, 3.8) is 0 Å². The van der Waals surface area contributed by atoms with Crippen molar-refractivity contribution in [1.82, 2.24) is 14.8 Å². The van der Waals surface area contributed by atoms with Crippen LogP contribution in [0.15, 0.2) is 4.73 Å². The summed E-state index contributed by atoms with van der Waals surface area (Å²) in [5, 5.41) is 4.01. The SMILES string of the molecule is Nc1nc(Br)n(COC2CCCCC2)n1. The minimum absolute atomic E-state index is 0.272. The van der Waals surface area contributed by atoms with Crippen LogP contribution in [0.4, 0.5) is 5.95 Å². The lowest BCUT2D eigenvalue weighted by Crippen LogP contribution is -2.19. The monoisotopic (exact) mass is 274 g/mol. The Hall–Kier alpha value is -0.620. The van der Waals surface area contributed by atoms with Crippen molar-refractivity contribution in [3.8, 4) is 0 Å². The molecular formula is C9H15BrN4O. The minimum Gasteiger partial charge on any atom is -0.366 e. The lowest BCUT2D eigenvalue weighted by atomic mass is 9.98. The van der Waals surface area contributed by atoms with Gasteiger partial charge in [-0.2, -0.15) is 4.98 Å². The average molecular weight is 275 g/mol. The third kappa shape index (κ3) is 2.92. The summed E-state index contributed by atoms with van der Waals surface area (Å²) in [6.45, 7) is 0.426. The quantitative estimate of drug-likeness (QED) is 0.915. The first-order chi connectivity index (χ1) is 7.25. The summed E-state index contributed by atoms with van der Waals surface area (Å²) in [5.41, 5.74) is 5.46. The van der Waals surface area contributed by atoms with Crippen molar-refractivity contribution >= 4 is 21.9 Å². The number of hydrogen-bond donors (Lipinski definition) is 1. The van der Waals surface area contributed by atoms with Gasteiger partial charge in [0.2, 0.25) is 5.95 Å². The fourth-order valence-corrected chi connectivity index (χ4v) is 2.19. The Morgan fingerprint density at radius 2 is 2.13 bits per heavy atom. The fraction of sp³-hybridized carbons (Fsp3) is 0.778. The standard InChI is InChI=1S/C9H15BrN4O/c10-8-12-9(11)13-14(8)6-15-7-4-2-1-3-5-7/h7H,1-6H2,(H2,11,13). The highest BCUT2D eigenvalue weighted by molar-refractivity contribution is 9.10. The molecule has 0 unspecified atom stereocenters. The van der Waals surface area contributed by atoms with Gasteiger partial charge in [0.25, 0.3) is 0 Å². The molecule has 1 fully saturated rings. The molecule has 1 heterocycles. The van der Waals surface area contributed by atoms with Crippen LogP contribution in [0.25, 0.3) is 0 Å². The van der Waals surface area contributed by atoms with E-state index < -0.39 is 0 Å². The Morgan fingerprint density at radius 3 is 2.73 bits per heavy atom. The molecule has 1 aromatic rings. The highest BCUT2D eigenvalue weighted by atomic mass is 79.9. The molecule has 1 aliphatic carbocycles. The Labute approximate surface area is 97.1 Å². The topological polar surface area (TPSA) is 66.0 Å². The van der Waals surface area contributed by atoms with Crippen molar-refractivity contribution in [2.45, 2.75) is 44.9 Å². The maximum absolute atomic E-state index is 5.74. The summed E-state index contributed by atoms with van der Waals surface area (Å²) in [6.07, 6.45) is 6.55. The van der Waals surface area contributed by atoms with Crippen LogP contribution in [0.3, 0.4) is 0 Å². The minimum atomic E-state index is 0.272. The van der Waals surface area contributed by atoms with Gasteiger partial charge in [0.15, 0.2) is 4.73 Å². The van der Waals surface area contributed by atoms with Crippen LogP contribution in [0.1, 0.15) is 32.1 Å². The summed E-state index contributed by atoms with van der Waals surface area (Å²) in [4.78, 5) is 3.94. The van der Waals surface area contributed by atoms with Gasteiger partial charge in [-0.3, -0.25) is 0 Å². The second kappa shape index (κ2) is 4.94. The molecule has 6 heteroatoms. The number of ether oxygens (including phenoxy) is 1. The van der Waals surface area contributed by atoms with Crippen LogP contribution in [-0.4, -0.2) is 20.9 Å². The molecule has 0 spiro atoms. The summed E-state index contributed by atoms with van der Waals surface area (Å²) >= 11 is 3.27. The molecule has 2 N–H and O–H groups in total. The molecule has 1 aromatic heterocycles. The number of rotatable bonds is 3. The number of nitrogens with two attached hydrogens (primary N) is 1. The first-order valence-corrected chi connectivity index (χ1v) is 6.02. The van der Waals surface area contributed by atoms with Gasteiger partial charge in [0.05, 0.1) is 6.10 Å². The van der Waals surface area contributed by atoms with Crippen LogP contribution in [0, 0.1) is 0 Å². The van der Waals surface area contributed by atoms with E-state index in [9.17, 15) is 0 Å². The predicted molar refractivity (Wildman–Crippen MR) is 60.1 cm³/mol.